The van der Waals surface area contributed by atoms with Gasteiger partial charge in [0.2, 0.25) is 11.8 Å². The van der Waals surface area contributed by atoms with Crippen LogP contribution in [-0.2, 0) is 9.59 Å². The number of benzene rings is 2. The summed E-state index contributed by atoms with van der Waals surface area (Å²) in [5, 5.41) is 15.1. The Bertz CT molecular complexity index is 857. The normalized spacial score (nSPS) is 14.8. The fourth-order valence-electron chi connectivity index (χ4n) is 2.63. The quantitative estimate of drug-likeness (QED) is 0.597. The number of carbonyl (C=O) groups is 3. The Morgan fingerprint density at radius 3 is 2.33 bits per heavy atom. The third-order valence-corrected chi connectivity index (χ3v) is 4.47. The highest BCUT2D eigenvalue weighted by Gasteiger charge is 2.24. The van der Waals surface area contributed by atoms with Crippen molar-refractivity contribution in [2.45, 2.75) is 33.6 Å². The number of rotatable bonds is 3. The first-order chi connectivity index (χ1) is 14.2. The standard InChI is InChI=1S/C12H13ClN2O2.C8H7ClO2.C2H6/c13-9-2-1-3-10(6-9)15-12(17)8-4-5-11(16)14-7-8;1-5-2-6(8(10)11)4-7(9)3-5;1-2/h1-3,6,8H,4-5,7H2,(H,14,16)(H,15,17);2-4H,1H3,(H,10,11);1-2H3. The number of aromatic carboxylic acids is 1. The molecule has 0 radical (unpaired) electrons. The minimum absolute atomic E-state index is 0.0109. The Hall–Kier alpha value is -2.57. The van der Waals surface area contributed by atoms with Crippen molar-refractivity contribution in [2.75, 3.05) is 11.9 Å². The van der Waals surface area contributed by atoms with E-state index in [1.54, 1.807) is 43.3 Å². The molecule has 0 aromatic heterocycles. The molecule has 3 N–H and O–H groups in total. The number of carbonyl (C=O) groups excluding carboxylic acids is 2. The summed E-state index contributed by atoms with van der Waals surface area (Å²) >= 11 is 11.5. The first-order valence-electron chi connectivity index (χ1n) is 9.58. The number of hydrogen-bond donors (Lipinski definition) is 3. The van der Waals surface area contributed by atoms with Gasteiger partial charge in [0.1, 0.15) is 0 Å². The summed E-state index contributed by atoms with van der Waals surface area (Å²) in [7, 11) is 0. The summed E-state index contributed by atoms with van der Waals surface area (Å²) in [5.41, 5.74) is 1.77. The van der Waals surface area contributed by atoms with Crippen LogP contribution in [0.1, 0.15) is 42.6 Å². The van der Waals surface area contributed by atoms with E-state index in [0.717, 1.165) is 5.56 Å². The maximum atomic E-state index is 11.9. The van der Waals surface area contributed by atoms with Crippen molar-refractivity contribution in [3.63, 3.8) is 0 Å². The first kappa shape index (κ1) is 25.5. The Morgan fingerprint density at radius 2 is 1.80 bits per heavy atom. The van der Waals surface area contributed by atoms with E-state index >= 15 is 0 Å². The minimum Gasteiger partial charge on any atom is -0.478 e. The van der Waals surface area contributed by atoms with Crippen LogP contribution in [0.2, 0.25) is 10.0 Å². The van der Waals surface area contributed by atoms with Gasteiger partial charge >= 0.3 is 5.97 Å². The second-order valence-corrected chi connectivity index (χ2v) is 7.23. The van der Waals surface area contributed by atoms with Crippen LogP contribution in [-0.4, -0.2) is 29.4 Å². The van der Waals surface area contributed by atoms with Crippen molar-refractivity contribution < 1.29 is 19.5 Å². The van der Waals surface area contributed by atoms with E-state index in [2.05, 4.69) is 10.6 Å². The zero-order chi connectivity index (χ0) is 22.7. The van der Waals surface area contributed by atoms with Crippen molar-refractivity contribution in [3.05, 3.63) is 63.6 Å². The van der Waals surface area contributed by atoms with E-state index in [1.807, 2.05) is 13.8 Å². The zero-order valence-corrected chi connectivity index (χ0v) is 18.7. The van der Waals surface area contributed by atoms with Gasteiger partial charge in [-0.3, -0.25) is 9.59 Å². The maximum absolute atomic E-state index is 11.9. The fourth-order valence-corrected chi connectivity index (χ4v) is 3.11. The van der Waals surface area contributed by atoms with Gasteiger partial charge in [-0.2, -0.15) is 0 Å². The Kier molecular flexibility index (Phi) is 10.9. The molecule has 162 valence electrons. The number of piperidine rings is 1. The van der Waals surface area contributed by atoms with E-state index in [0.29, 0.717) is 35.1 Å². The van der Waals surface area contributed by atoms with E-state index in [4.69, 9.17) is 28.3 Å². The highest BCUT2D eigenvalue weighted by atomic mass is 35.5. The van der Waals surface area contributed by atoms with Gasteiger partial charge in [0.15, 0.2) is 0 Å². The van der Waals surface area contributed by atoms with Crippen molar-refractivity contribution in [1.29, 1.82) is 0 Å². The van der Waals surface area contributed by atoms with Crippen LogP contribution in [0, 0.1) is 12.8 Å². The first-order valence-corrected chi connectivity index (χ1v) is 10.3. The monoisotopic (exact) mass is 452 g/mol. The lowest BCUT2D eigenvalue weighted by atomic mass is 9.98. The van der Waals surface area contributed by atoms with Gasteiger partial charge in [-0.1, -0.05) is 43.1 Å². The van der Waals surface area contributed by atoms with Gasteiger partial charge in [0.25, 0.3) is 0 Å². The molecular weight excluding hydrogens is 427 g/mol. The molecule has 1 fully saturated rings. The van der Waals surface area contributed by atoms with Gasteiger partial charge in [-0.25, -0.2) is 4.79 Å². The second kappa shape index (κ2) is 12.9. The third-order valence-electron chi connectivity index (χ3n) is 4.02. The van der Waals surface area contributed by atoms with E-state index in [9.17, 15) is 14.4 Å². The lowest BCUT2D eigenvalue weighted by Gasteiger charge is -2.21. The van der Waals surface area contributed by atoms with Crippen LogP contribution in [0.4, 0.5) is 5.69 Å². The highest BCUT2D eigenvalue weighted by molar-refractivity contribution is 6.31. The number of carboxylic acid groups (broad SMARTS) is 1. The number of hydrogen-bond acceptors (Lipinski definition) is 3. The summed E-state index contributed by atoms with van der Waals surface area (Å²) in [6, 6.07) is 11.7. The molecule has 0 bridgehead atoms. The molecule has 6 nitrogen and oxygen atoms in total. The van der Waals surface area contributed by atoms with E-state index in [-0.39, 0.29) is 23.3 Å². The Balaban J connectivity index is 0.000000300. The lowest BCUT2D eigenvalue weighted by Crippen LogP contribution is -2.40. The molecule has 0 saturated carbocycles. The molecule has 3 rings (SSSR count). The average Bonchev–Trinajstić information content (AvgIpc) is 2.70. The molecule has 30 heavy (non-hydrogen) atoms. The van der Waals surface area contributed by atoms with Gasteiger partial charge in [-0.15, -0.1) is 0 Å². The summed E-state index contributed by atoms with van der Waals surface area (Å²) in [6.45, 7) is 6.21. The molecule has 1 saturated heterocycles. The second-order valence-electron chi connectivity index (χ2n) is 6.36. The number of aryl methyl sites for hydroxylation is 1. The van der Waals surface area contributed by atoms with Crippen molar-refractivity contribution >= 4 is 46.7 Å². The van der Waals surface area contributed by atoms with Crippen molar-refractivity contribution in [2.24, 2.45) is 5.92 Å². The number of anilines is 1. The molecule has 1 atom stereocenters. The molecule has 2 aromatic carbocycles. The summed E-state index contributed by atoms with van der Waals surface area (Å²) in [6.07, 6.45) is 1.01. The number of nitrogens with one attached hydrogen (secondary N) is 2. The maximum Gasteiger partial charge on any atom is 0.335 e. The Morgan fingerprint density at radius 1 is 1.10 bits per heavy atom. The topological polar surface area (TPSA) is 95.5 Å². The van der Waals surface area contributed by atoms with Gasteiger partial charge < -0.3 is 15.7 Å². The van der Waals surface area contributed by atoms with Gasteiger partial charge in [-0.05, 0) is 55.3 Å². The van der Waals surface area contributed by atoms with Crippen LogP contribution in [0.15, 0.2) is 42.5 Å². The predicted octanol–water partition coefficient (Wildman–Crippen LogP) is 5.18. The highest BCUT2D eigenvalue weighted by Crippen LogP contribution is 2.18. The largest absolute Gasteiger partial charge is 0.478 e. The smallest absolute Gasteiger partial charge is 0.335 e. The Labute approximate surface area is 186 Å². The lowest BCUT2D eigenvalue weighted by molar-refractivity contribution is -0.126. The van der Waals surface area contributed by atoms with Crippen molar-refractivity contribution in [3.8, 4) is 0 Å². The SMILES string of the molecule is CC.Cc1cc(Cl)cc(C(=O)O)c1.O=C1CCC(C(=O)Nc2cccc(Cl)c2)CN1. The van der Waals surface area contributed by atoms with Gasteiger partial charge in [0, 0.05) is 28.7 Å². The molecule has 1 heterocycles. The molecule has 2 amide bonds. The fraction of sp³-hybridized carbons (Fsp3) is 0.318. The number of amides is 2. The predicted molar refractivity (Wildman–Crippen MR) is 120 cm³/mol. The van der Waals surface area contributed by atoms with Crippen LogP contribution < -0.4 is 10.6 Å². The third kappa shape index (κ3) is 8.84. The number of carboxylic acids is 1. The minimum atomic E-state index is -0.949. The van der Waals surface area contributed by atoms with Crippen LogP contribution in [0.3, 0.4) is 0 Å². The van der Waals surface area contributed by atoms with E-state index in [1.165, 1.54) is 6.07 Å². The molecule has 8 heteroatoms. The van der Waals surface area contributed by atoms with Crippen LogP contribution in [0.5, 0.6) is 0 Å². The van der Waals surface area contributed by atoms with Crippen LogP contribution >= 0.6 is 23.2 Å². The molecule has 2 aromatic rings. The average molecular weight is 453 g/mol. The zero-order valence-electron chi connectivity index (χ0n) is 17.2. The van der Waals surface area contributed by atoms with E-state index < -0.39 is 5.97 Å². The molecular formula is C22H26Cl2N2O4. The van der Waals surface area contributed by atoms with Crippen LogP contribution in [0.25, 0.3) is 0 Å². The number of halogens is 2. The summed E-state index contributed by atoms with van der Waals surface area (Å²) in [5.74, 6) is -1.17. The molecule has 1 aliphatic heterocycles. The molecule has 1 aliphatic rings. The molecule has 0 spiro atoms. The van der Waals surface area contributed by atoms with Crippen molar-refractivity contribution in [1.82, 2.24) is 5.32 Å². The summed E-state index contributed by atoms with van der Waals surface area (Å²) in [4.78, 5) is 33.3. The summed E-state index contributed by atoms with van der Waals surface area (Å²) < 4.78 is 0. The molecule has 1 unspecified atom stereocenters. The molecule has 0 aliphatic carbocycles. The van der Waals surface area contributed by atoms with Gasteiger partial charge in [0.05, 0.1) is 11.5 Å².